The summed E-state index contributed by atoms with van der Waals surface area (Å²) in [6, 6.07) is 0. The zero-order valence-electron chi connectivity index (χ0n) is 13.0. The molecule has 0 bridgehead atoms. The Hall–Kier alpha value is -1.17. The molecule has 0 N–H and O–H groups in total. The van der Waals surface area contributed by atoms with Gasteiger partial charge in [-0.1, -0.05) is 0 Å². The van der Waals surface area contributed by atoms with Gasteiger partial charge in [-0.25, -0.2) is 17.6 Å². The Labute approximate surface area is 134 Å². The van der Waals surface area contributed by atoms with E-state index in [1.807, 2.05) is 0 Å². The molecule has 1 rings (SSSR count). The first-order valence-electron chi connectivity index (χ1n) is 6.92. The predicted molar refractivity (Wildman–Crippen MR) is 71.5 cm³/mol. The number of benzene rings is 1. The fourth-order valence-electron chi connectivity index (χ4n) is 2.06. The Balaban J connectivity index is 3.80. The van der Waals surface area contributed by atoms with Crippen LogP contribution in [-0.2, 0) is 19.5 Å². The van der Waals surface area contributed by atoms with E-state index in [1.54, 1.807) is 0 Å². The molecule has 0 unspecified atom stereocenters. The van der Waals surface area contributed by atoms with E-state index >= 15 is 0 Å². The summed E-state index contributed by atoms with van der Waals surface area (Å²) in [4.78, 5) is 0. The fourth-order valence-corrected chi connectivity index (χ4v) is 4.64. The Kier molecular flexibility index (Phi) is 6.79. The number of halogens is 7. The maximum absolute atomic E-state index is 14.2. The van der Waals surface area contributed by atoms with Gasteiger partial charge in [-0.05, 0) is 26.0 Å². The number of hydrogen-bond acceptors (Lipinski definition) is 3. The summed E-state index contributed by atoms with van der Waals surface area (Å²) in [6.07, 6.45) is -5.62. The van der Waals surface area contributed by atoms with Crippen molar-refractivity contribution in [3.63, 3.8) is 0 Å². The first kappa shape index (κ1) is 20.9. The van der Waals surface area contributed by atoms with Gasteiger partial charge in [-0.15, -0.1) is 0 Å². The first-order valence-corrected chi connectivity index (χ1v) is 8.65. The molecule has 0 saturated heterocycles. The third kappa shape index (κ3) is 3.73. The van der Waals surface area contributed by atoms with Crippen molar-refractivity contribution < 1.29 is 44.0 Å². The largest absolute Gasteiger partial charge is 0.521 e. The maximum Gasteiger partial charge on any atom is 0.422 e. The van der Waals surface area contributed by atoms with Gasteiger partial charge in [0.05, 0.1) is 0 Å². The van der Waals surface area contributed by atoms with Gasteiger partial charge in [-0.3, -0.25) is 0 Å². The molecular weight excluding hydrogens is 365 g/mol. The maximum atomic E-state index is 14.2. The van der Waals surface area contributed by atoms with Crippen molar-refractivity contribution >= 4 is 14.0 Å². The molecule has 0 aliphatic heterocycles. The molecule has 0 atom stereocenters. The van der Waals surface area contributed by atoms with Gasteiger partial charge < -0.3 is 13.3 Å². The predicted octanol–water partition coefficient (Wildman–Crippen LogP) is 3.52. The monoisotopic (exact) mass is 380 g/mol. The van der Waals surface area contributed by atoms with E-state index in [1.165, 1.54) is 20.8 Å². The lowest BCUT2D eigenvalue weighted by atomic mass is 10.1. The van der Waals surface area contributed by atoms with E-state index in [0.29, 0.717) is 0 Å². The summed E-state index contributed by atoms with van der Waals surface area (Å²) in [6.45, 7) is 3.55. The summed E-state index contributed by atoms with van der Waals surface area (Å²) in [5.41, 5.74) is -2.66. The standard InChI is InChI=1S/C13H15F7O3Si/c1-4-21-24(22-5-2,23-6-3)12-10(16)8(14)7(13(18,19)20)9(15)11(12)17/h4-6H2,1-3H3/q-1. The van der Waals surface area contributed by atoms with E-state index in [4.69, 9.17) is 13.3 Å². The van der Waals surface area contributed by atoms with Crippen LogP contribution in [0.2, 0.25) is 0 Å². The second-order valence-corrected chi connectivity index (χ2v) is 6.84. The van der Waals surface area contributed by atoms with Crippen LogP contribution < -0.4 is 5.19 Å². The van der Waals surface area contributed by atoms with Crippen molar-refractivity contribution in [2.45, 2.75) is 26.9 Å². The minimum absolute atomic E-state index is 0.213. The summed E-state index contributed by atoms with van der Waals surface area (Å²) < 4.78 is 109. The minimum Gasteiger partial charge on any atom is -0.521 e. The highest BCUT2D eigenvalue weighted by Gasteiger charge is 2.45. The highest BCUT2D eigenvalue weighted by Crippen LogP contribution is 2.35. The molecule has 0 aliphatic rings. The van der Waals surface area contributed by atoms with Crippen molar-refractivity contribution in [2.75, 3.05) is 19.8 Å². The molecule has 0 aliphatic carbocycles. The Bertz CT molecular complexity index is 546. The van der Waals surface area contributed by atoms with Crippen LogP contribution in [0.3, 0.4) is 0 Å². The van der Waals surface area contributed by atoms with E-state index in [9.17, 15) is 30.7 Å². The van der Waals surface area contributed by atoms with Gasteiger partial charge in [0.25, 0.3) is 0 Å². The van der Waals surface area contributed by atoms with Crippen LogP contribution in [0.4, 0.5) is 30.7 Å². The topological polar surface area (TPSA) is 27.7 Å². The molecule has 0 fully saturated rings. The van der Waals surface area contributed by atoms with Crippen LogP contribution >= 0.6 is 0 Å². The van der Waals surface area contributed by atoms with Crippen molar-refractivity contribution in [3.05, 3.63) is 28.8 Å². The molecule has 0 amide bonds. The molecule has 0 radical (unpaired) electrons. The SMILES string of the molecule is CCO[Si-](OCC)(OCC)c1c(F)c(F)c(C(F)(F)F)c(F)c1F. The number of alkyl halides is 3. The Morgan fingerprint density at radius 2 is 1.04 bits per heavy atom. The molecule has 139 valence electrons. The summed E-state index contributed by atoms with van der Waals surface area (Å²) in [5.74, 6) is -9.65. The molecule has 24 heavy (non-hydrogen) atoms. The normalized spacial score (nSPS) is 12.8. The Morgan fingerprint density at radius 1 is 0.708 bits per heavy atom. The summed E-state index contributed by atoms with van der Waals surface area (Å²) in [5, 5.41) is -1.42. The lowest BCUT2D eigenvalue weighted by molar-refractivity contribution is -0.143. The first-order chi connectivity index (χ1) is 11.1. The second-order valence-electron chi connectivity index (χ2n) is 4.36. The second kappa shape index (κ2) is 7.81. The van der Waals surface area contributed by atoms with Crippen LogP contribution in [0.1, 0.15) is 26.3 Å². The van der Waals surface area contributed by atoms with Crippen LogP contribution in [-0.4, -0.2) is 28.6 Å². The molecule has 0 aromatic heterocycles. The highest BCUT2D eigenvalue weighted by molar-refractivity contribution is 6.75. The van der Waals surface area contributed by atoms with Gasteiger partial charge >= 0.3 is 15.0 Å². The molecule has 0 spiro atoms. The number of rotatable bonds is 7. The van der Waals surface area contributed by atoms with Crippen LogP contribution in [0, 0.1) is 23.3 Å². The minimum atomic E-state index is -5.62. The van der Waals surface area contributed by atoms with Crippen molar-refractivity contribution in [1.29, 1.82) is 0 Å². The molecule has 11 heteroatoms. The van der Waals surface area contributed by atoms with Crippen molar-refractivity contribution in [2.24, 2.45) is 0 Å². The zero-order chi connectivity index (χ0) is 18.7. The van der Waals surface area contributed by atoms with Gasteiger partial charge in [0, 0.05) is 19.8 Å². The highest BCUT2D eigenvalue weighted by atomic mass is 28.4. The molecular formula is C13H15F7O3Si-. The third-order valence-corrected chi connectivity index (χ3v) is 5.91. The molecule has 1 aromatic rings. The van der Waals surface area contributed by atoms with E-state index in [2.05, 4.69) is 0 Å². The molecule has 0 heterocycles. The zero-order valence-corrected chi connectivity index (χ0v) is 14.0. The average Bonchev–Trinajstić information content (AvgIpc) is 2.45. The Morgan fingerprint density at radius 3 is 1.29 bits per heavy atom. The average molecular weight is 380 g/mol. The quantitative estimate of drug-likeness (QED) is 0.412. The summed E-state index contributed by atoms with van der Waals surface area (Å²) in [7, 11) is -4.50. The van der Waals surface area contributed by atoms with Crippen LogP contribution in [0.25, 0.3) is 0 Å². The van der Waals surface area contributed by atoms with E-state index in [-0.39, 0.29) is 19.8 Å². The molecule has 3 nitrogen and oxygen atoms in total. The summed E-state index contributed by atoms with van der Waals surface area (Å²) >= 11 is 0. The molecule has 1 aromatic carbocycles. The lowest BCUT2D eigenvalue weighted by Gasteiger charge is -2.43. The molecule has 0 saturated carbocycles. The van der Waals surface area contributed by atoms with Crippen LogP contribution in [0.5, 0.6) is 0 Å². The fraction of sp³-hybridized carbons (Fsp3) is 0.538. The van der Waals surface area contributed by atoms with Gasteiger partial charge in [0.1, 0.15) is 17.2 Å². The van der Waals surface area contributed by atoms with Crippen LogP contribution in [0.15, 0.2) is 0 Å². The van der Waals surface area contributed by atoms with Gasteiger partial charge in [0.15, 0.2) is 11.6 Å². The van der Waals surface area contributed by atoms with Gasteiger partial charge in [0.2, 0.25) is 0 Å². The van der Waals surface area contributed by atoms with Crippen molar-refractivity contribution in [1.82, 2.24) is 0 Å². The smallest absolute Gasteiger partial charge is 0.422 e. The van der Waals surface area contributed by atoms with E-state index < -0.39 is 49.0 Å². The van der Waals surface area contributed by atoms with E-state index in [0.717, 1.165) is 0 Å². The third-order valence-electron chi connectivity index (χ3n) is 2.86. The van der Waals surface area contributed by atoms with Crippen molar-refractivity contribution in [3.8, 4) is 0 Å². The number of hydrogen-bond donors (Lipinski definition) is 0. The van der Waals surface area contributed by atoms with Gasteiger partial charge in [-0.2, -0.15) is 13.2 Å². The lowest BCUT2D eigenvalue weighted by Crippen LogP contribution is -2.60.